The summed E-state index contributed by atoms with van der Waals surface area (Å²) in [7, 11) is -9.52. The van der Waals surface area contributed by atoms with Gasteiger partial charge in [-0.2, -0.15) is 16.8 Å². The van der Waals surface area contributed by atoms with Crippen LogP contribution in [0, 0.1) is 0 Å². The summed E-state index contributed by atoms with van der Waals surface area (Å²) in [4.78, 5) is -0.943. The van der Waals surface area contributed by atoms with E-state index in [0.29, 0.717) is 5.56 Å². The van der Waals surface area contributed by atoms with Gasteiger partial charge >= 0.3 is 0 Å². The fourth-order valence-corrected chi connectivity index (χ4v) is 5.46. The third kappa shape index (κ3) is 5.87. The van der Waals surface area contributed by atoms with Gasteiger partial charge in [-0.25, -0.2) is 0 Å². The van der Waals surface area contributed by atoms with Gasteiger partial charge in [0.25, 0.3) is 20.2 Å². The Balaban J connectivity index is 2.02. The zero-order valence-electron chi connectivity index (χ0n) is 18.9. The highest BCUT2D eigenvalue weighted by atomic mass is 32.2. The van der Waals surface area contributed by atoms with E-state index in [2.05, 4.69) is 0 Å². The van der Waals surface area contributed by atoms with Crippen LogP contribution < -0.4 is 0 Å². The molecule has 0 saturated heterocycles. The smallest absolute Gasteiger partial charge is 0.282 e. The number of hydrogen-bond donors (Lipinski definition) is 2. The van der Waals surface area contributed by atoms with Crippen LogP contribution in [0.3, 0.4) is 0 Å². The summed E-state index contributed by atoms with van der Waals surface area (Å²) in [6.45, 7) is 0. The van der Waals surface area contributed by atoms with Crippen molar-refractivity contribution in [3.8, 4) is 11.1 Å². The van der Waals surface area contributed by atoms with E-state index in [9.17, 15) is 25.9 Å². The molecule has 0 aliphatic rings. The molecule has 182 valence electrons. The summed E-state index contributed by atoms with van der Waals surface area (Å²) in [5.41, 5.74) is 2.20. The molecule has 6 nitrogen and oxygen atoms in total. The average molecular weight is 519 g/mol. The Bertz CT molecular complexity index is 1660. The summed E-state index contributed by atoms with van der Waals surface area (Å²) < 4.78 is 69.6. The minimum absolute atomic E-state index is 0.0550. The lowest BCUT2D eigenvalue weighted by atomic mass is 9.97. The lowest BCUT2D eigenvalue weighted by Crippen LogP contribution is -2.08. The van der Waals surface area contributed by atoms with Gasteiger partial charge in [0.05, 0.1) is 0 Å². The molecule has 0 atom stereocenters. The van der Waals surface area contributed by atoms with E-state index < -0.39 is 30.0 Å². The lowest BCUT2D eigenvalue weighted by Gasteiger charge is -2.15. The van der Waals surface area contributed by atoms with Crippen molar-refractivity contribution < 1.29 is 25.9 Å². The highest BCUT2D eigenvalue weighted by Gasteiger charge is 2.26. The van der Waals surface area contributed by atoms with Gasteiger partial charge in [-0.1, -0.05) is 115 Å². The Kier molecular flexibility index (Phi) is 7.32. The van der Waals surface area contributed by atoms with E-state index in [1.54, 1.807) is 30.4 Å². The fourth-order valence-electron chi connectivity index (χ4n) is 3.83. The summed E-state index contributed by atoms with van der Waals surface area (Å²) >= 11 is 0. The van der Waals surface area contributed by atoms with Gasteiger partial charge in [0.1, 0.15) is 9.79 Å². The van der Waals surface area contributed by atoms with Gasteiger partial charge in [-0.15, -0.1) is 0 Å². The van der Waals surface area contributed by atoms with Crippen molar-refractivity contribution >= 4 is 44.5 Å². The van der Waals surface area contributed by atoms with Crippen molar-refractivity contribution in [3.63, 3.8) is 0 Å². The number of benzene rings is 4. The summed E-state index contributed by atoms with van der Waals surface area (Å²) in [5.74, 6) is 0. The normalized spacial score (nSPS) is 12.4. The Morgan fingerprint density at radius 2 is 1.03 bits per heavy atom. The maximum atomic E-state index is 12.7. The van der Waals surface area contributed by atoms with Crippen LogP contribution in [0.2, 0.25) is 0 Å². The van der Waals surface area contributed by atoms with Crippen molar-refractivity contribution in [3.05, 3.63) is 119 Å². The number of hydrogen-bond acceptors (Lipinski definition) is 4. The summed E-state index contributed by atoms with van der Waals surface area (Å²) in [5, 5.41) is 0. The molecular weight excluding hydrogens is 496 g/mol. The highest BCUT2D eigenvalue weighted by Crippen LogP contribution is 2.37. The Hall–Kier alpha value is -3.82. The first-order chi connectivity index (χ1) is 17.1. The van der Waals surface area contributed by atoms with Crippen LogP contribution in [0.25, 0.3) is 35.4 Å². The quantitative estimate of drug-likeness (QED) is 0.223. The first-order valence-corrected chi connectivity index (χ1v) is 13.7. The van der Waals surface area contributed by atoms with Crippen LogP contribution in [-0.4, -0.2) is 25.9 Å². The summed E-state index contributed by atoms with van der Waals surface area (Å²) in [6.07, 6.45) is 6.77. The highest BCUT2D eigenvalue weighted by molar-refractivity contribution is 7.86. The second-order valence-electron chi connectivity index (χ2n) is 7.88. The molecule has 0 aliphatic heterocycles. The zero-order chi connectivity index (χ0) is 25.8. The Labute approximate surface area is 210 Å². The van der Waals surface area contributed by atoms with E-state index in [1.165, 1.54) is 30.3 Å². The molecule has 0 aliphatic carbocycles. The number of rotatable bonds is 7. The largest absolute Gasteiger partial charge is 0.295 e. The Morgan fingerprint density at radius 1 is 0.500 bits per heavy atom. The Morgan fingerprint density at radius 3 is 1.58 bits per heavy atom. The van der Waals surface area contributed by atoms with Crippen molar-refractivity contribution in [2.75, 3.05) is 0 Å². The first kappa shape index (κ1) is 25.3. The van der Waals surface area contributed by atoms with Crippen molar-refractivity contribution in [1.29, 1.82) is 0 Å². The SMILES string of the molecule is O=S(=O)(O)c1ccccc1-c1ccc(C=Cc2ccccc2)c(C=Cc2ccccc2)c1S(=O)(=O)O. The molecule has 0 unspecified atom stereocenters. The van der Waals surface area contributed by atoms with Gasteiger partial charge in [0.2, 0.25) is 0 Å². The van der Waals surface area contributed by atoms with E-state index in [-0.39, 0.29) is 16.7 Å². The van der Waals surface area contributed by atoms with Crippen LogP contribution in [-0.2, 0) is 20.2 Å². The van der Waals surface area contributed by atoms with Crippen LogP contribution >= 0.6 is 0 Å². The van der Waals surface area contributed by atoms with E-state index in [1.807, 2.05) is 60.7 Å². The predicted molar refractivity (Wildman–Crippen MR) is 142 cm³/mol. The molecule has 4 rings (SSSR count). The molecule has 36 heavy (non-hydrogen) atoms. The molecule has 0 heterocycles. The molecule has 2 N–H and O–H groups in total. The summed E-state index contributed by atoms with van der Waals surface area (Å²) in [6, 6.07) is 27.1. The minimum atomic E-state index is -4.85. The first-order valence-electron chi connectivity index (χ1n) is 10.8. The van der Waals surface area contributed by atoms with Crippen LogP contribution in [0.4, 0.5) is 0 Å². The second-order valence-corrected chi connectivity index (χ2v) is 10.6. The molecule has 0 saturated carbocycles. The average Bonchev–Trinajstić information content (AvgIpc) is 2.86. The van der Waals surface area contributed by atoms with Gasteiger partial charge in [-0.3, -0.25) is 9.11 Å². The maximum absolute atomic E-state index is 12.7. The van der Waals surface area contributed by atoms with E-state index in [4.69, 9.17) is 0 Å². The van der Waals surface area contributed by atoms with Crippen LogP contribution in [0.5, 0.6) is 0 Å². The monoisotopic (exact) mass is 518 g/mol. The molecule has 0 spiro atoms. The van der Waals surface area contributed by atoms with E-state index >= 15 is 0 Å². The molecule has 0 amide bonds. The van der Waals surface area contributed by atoms with E-state index in [0.717, 1.165) is 11.1 Å². The van der Waals surface area contributed by atoms with Crippen molar-refractivity contribution in [1.82, 2.24) is 0 Å². The van der Waals surface area contributed by atoms with Crippen LogP contribution in [0.1, 0.15) is 22.3 Å². The molecular formula is C28H22O6S2. The van der Waals surface area contributed by atoms with Gasteiger partial charge in [-0.05, 0) is 22.8 Å². The molecule has 0 bridgehead atoms. The van der Waals surface area contributed by atoms with Gasteiger partial charge < -0.3 is 0 Å². The third-order valence-corrected chi connectivity index (χ3v) is 7.31. The molecule has 0 radical (unpaired) electrons. The molecule has 0 fully saturated rings. The standard InChI is InChI=1S/C28H22O6S2/c29-35(30,31)27-14-8-7-13-25(27)26-20-18-23(17-15-21-9-3-1-4-10-21)24(28(26)36(32,33)34)19-16-22-11-5-2-6-12-22/h1-20H,(H,29,30,31)(H,32,33,34). The maximum Gasteiger partial charge on any atom is 0.295 e. The molecule has 0 aromatic heterocycles. The van der Waals surface area contributed by atoms with Crippen molar-refractivity contribution in [2.45, 2.75) is 9.79 Å². The zero-order valence-corrected chi connectivity index (χ0v) is 20.5. The fraction of sp³-hybridized carbons (Fsp3) is 0. The topological polar surface area (TPSA) is 109 Å². The minimum Gasteiger partial charge on any atom is -0.282 e. The molecule has 4 aromatic rings. The van der Waals surface area contributed by atoms with Crippen molar-refractivity contribution in [2.24, 2.45) is 0 Å². The van der Waals surface area contributed by atoms with Gasteiger partial charge in [0, 0.05) is 16.7 Å². The third-order valence-electron chi connectivity index (χ3n) is 5.44. The molecule has 4 aromatic carbocycles. The van der Waals surface area contributed by atoms with Crippen LogP contribution in [0.15, 0.2) is 107 Å². The van der Waals surface area contributed by atoms with Gasteiger partial charge in [0.15, 0.2) is 0 Å². The predicted octanol–water partition coefficient (Wildman–Crippen LogP) is 6.19. The molecule has 8 heteroatoms. The second kappa shape index (κ2) is 10.4. The lowest BCUT2D eigenvalue weighted by molar-refractivity contribution is 0.480.